The van der Waals surface area contributed by atoms with Gasteiger partial charge in [0.05, 0.1) is 0 Å². The number of halogens is 1. The van der Waals surface area contributed by atoms with Gasteiger partial charge >= 0.3 is 6.01 Å². The van der Waals surface area contributed by atoms with Gasteiger partial charge in [0.15, 0.2) is 0 Å². The maximum absolute atomic E-state index is 13.1. The van der Waals surface area contributed by atoms with E-state index in [1.807, 2.05) is 36.4 Å². The lowest BCUT2D eigenvalue weighted by atomic mass is 10.2. The topological polar surface area (TPSA) is 74.2 Å². The monoisotopic (exact) mass is 311 g/mol. The minimum absolute atomic E-state index is 0.0331. The molecule has 3 rings (SSSR count). The Bertz CT molecular complexity index is 813. The second-order valence-electron chi connectivity index (χ2n) is 4.80. The van der Waals surface area contributed by atoms with Gasteiger partial charge in [-0.25, -0.2) is 4.39 Å². The molecule has 6 heteroatoms. The molecule has 1 aromatic heterocycles. The minimum atomic E-state index is -0.270. The highest BCUT2D eigenvalue weighted by Gasteiger charge is 1.99. The van der Waals surface area contributed by atoms with E-state index in [9.17, 15) is 4.39 Å². The van der Waals surface area contributed by atoms with Crippen molar-refractivity contribution in [1.82, 2.24) is 10.2 Å². The van der Waals surface area contributed by atoms with Gasteiger partial charge in [-0.3, -0.25) is 0 Å². The van der Waals surface area contributed by atoms with Crippen LogP contribution in [0, 0.1) is 5.82 Å². The Hall–Kier alpha value is -3.15. The van der Waals surface area contributed by atoms with Crippen LogP contribution in [-0.4, -0.2) is 10.2 Å². The Morgan fingerprint density at radius 3 is 2.61 bits per heavy atom. The third-order valence-corrected chi connectivity index (χ3v) is 3.05. The molecule has 0 radical (unpaired) electrons. The molecule has 0 aliphatic carbocycles. The van der Waals surface area contributed by atoms with Crippen molar-refractivity contribution in [3.05, 3.63) is 71.4 Å². The Balaban J connectivity index is 1.59. The number of nitrogen functional groups attached to an aromatic ring is 1. The van der Waals surface area contributed by atoms with E-state index >= 15 is 0 Å². The number of anilines is 1. The van der Waals surface area contributed by atoms with Crippen LogP contribution in [0.1, 0.15) is 17.0 Å². The number of ether oxygens (including phenoxy) is 1. The quantitative estimate of drug-likeness (QED) is 0.780. The Kier molecular flexibility index (Phi) is 4.33. The molecule has 0 aliphatic rings. The zero-order valence-electron chi connectivity index (χ0n) is 12.1. The van der Waals surface area contributed by atoms with E-state index in [4.69, 9.17) is 14.9 Å². The van der Waals surface area contributed by atoms with Gasteiger partial charge in [-0.2, -0.15) is 0 Å². The van der Waals surface area contributed by atoms with Crippen molar-refractivity contribution in [3.8, 4) is 5.75 Å². The van der Waals surface area contributed by atoms with Gasteiger partial charge in [0, 0.05) is 6.08 Å². The maximum Gasteiger partial charge on any atom is 0.313 e. The molecule has 0 fully saturated rings. The first-order valence-corrected chi connectivity index (χ1v) is 6.93. The van der Waals surface area contributed by atoms with Crippen molar-refractivity contribution in [2.24, 2.45) is 0 Å². The molecule has 3 aromatic rings. The van der Waals surface area contributed by atoms with Gasteiger partial charge < -0.3 is 14.9 Å². The van der Waals surface area contributed by atoms with Crippen LogP contribution >= 0.6 is 0 Å². The molecule has 5 nitrogen and oxygen atoms in total. The average molecular weight is 311 g/mol. The molecule has 1 heterocycles. The summed E-state index contributed by atoms with van der Waals surface area (Å²) in [6, 6.07) is 13.8. The van der Waals surface area contributed by atoms with Gasteiger partial charge in [-0.05, 0) is 41.5 Å². The van der Waals surface area contributed by atoms with E-state index in [0.717, 1.165) is 11.1 Å². The first kappa shape index (κ1) is 14.8. The number of benzene rings is 2. The maximum atomic E-state index is 13.1. The zero-order chi connectivity index (χ0) is 16.1. The average Bonchev–Trinajstić information content (AvgIpc) is 2.98. The van der Waals surface area contributed by atoms with E-state index in [-0.39, 0.29) is 11.8 Å². The van der Waals surface area contributed by atoms with Crippen LogP contribution in [-0.2, 0) is 6.61 Å². The van der Waals surface area contributed by atoms with Crippen LogP contribution in [0.2, 0.25) is 0 Å². The van der Waals surface area contributed by atoms with Crippen LogP contribution < -0.4 is 10.5 Å². The third kappa shape index (κ3) is 4.16. The second kappa shape index (κ2) is 6.74. The van der Waals surface area contributed by atoms with Gasteiger partial charge in [-0.1, -0.05) is 29.4 Å². The highest BCUT2D eigenvalue weighted by molar-refractivity contribution is 5.66. The summed E-state index contributed by atoms with van der Waals surface area (Å²) in [4.78, 5) is 0. The van der Waals surface area contributed by atoms with Crippen molar-refractivity contribution in [2.45, 2.75) is 6.61 Å². The fourth-order valence-electron chi connectivity index (χ4n) is 1.95. The van der Waals surface area contributed by atoms with Crippen LogP contribution in [0.3, 0.4) is 0 Å². The highest BCUT2D eigenvalue weighted by atomic mass is 19.1. The number of aromatic nitrogens is 2. The van der Waals surface area contributed by atoms with Crippen molar-refractivity contribution < 1.29 is 13.5 Å². The standard InChI is InChI=1S/C17H14FN3O2/c18-14-3-1-2-13(10-14)11-22-15-7-4-12(5-8-15)6-9-16-20-21-17(19)23-16/h1-10H,11H2,(H2,19,21)/b9-6+. The Labute approximate surface area is 132 Å². The molecule has 0 bridgehead atoms. The molecule has 0 amide bonds. The lowest BCUT2D eigenvalue weighted by molar-refractivity contribution is 0.305. The predicted molar refractivity (Wildman–Crippen MR) is 84.8 cm³/mol. The fraction of sp³-hybridized carbons (Fsp3) is 0.0588. The van der Waals surface area contributed by atoms with Crippen LogP contribution in [0.5, 0.6) is 5.75 Å². The molecule has 116 valence electrons. The van der Waals surface area contributed by atoms with Gasteiger partial charge in [0.2, 0.25) is 5.89 Å². The van der Waals surface area contributed by atoms with Crippen LogP contribution in [0.4, 0.5) is 10.4 Å². The van der Waals surface area contributed by atoms with E-state index in [2.05, 4.69) is 10.2 Å². The molecular weight excluding hydrogens is 297 g/mol. The molecule has 0 spiro atoms. The summed E-state index contributed by atoms with van der Waals surface area (Å²) < 4.78 is 23.7. The summed E-state index contributed by atoms with van der Waals surface area (Å²) in [6.07, 6.45) is 3.50. The number of rotatable bonds is 5. The SMILES string of the molecule is Nc1nnc(/C=C/c2ccc(OCc3cccc(F)c3)cc2)o1. The molecule has 2 aromatic carbocycles. The largest absolute Gasteiger partial charge is 0.489 e. The van der Waals surface area contributed by atoms with Crippen molar-refractivity contribution in [3.63, 3.8) is 0 Å². The van der Waals surface area contributed by atoms with Crippen LogP contribution in [0.25, 0.3) is 12.2 Å². The second-order valence-corrected chi connectivity index (χ2v) is 4.80. The third-order valence-electron chi connectivity index (χ3n) is 3.05. The first-order valence-electron chi connectivity index (χ1n) is 6.93. The first-order chi connectivity index (χ1) is 11.2. The van der Waals surface area contributed by atoms with Crippen molar-refractivity contribution >= 4 is 18.2 Å². The molecule has 2 N–H and O–H groups in total. The normalized spacial score (nSPS) is 11.0. The number of nitrogens with two attached hydrogens (primary N) is 1. The van der Waals surface area contributed by atoms with E-state index in [0.29, 0.717) is 18.2 Å². The summed E-state index contributed by atoms with van der Waals surface area (Å²) in [5, 5.41) is 7.30. The number of nitrogens with zero attached hydrogens (tertiary/aromatic N) is 2. The van der Waals surface area contributed by atoms with E-state index < -0.39 is 0 Å². The summed E-state index contributed by atoms with van der Waals surface area (Å²) in [5.41, 5.74) is 7.07. The summed E-state index contributed by atoms with van der Waals surface area (Å²) >= 11 is 0. The molecule has 0 aliphatic heterocycles. The predicted octanol–water partition coefficient (Wildman–Crippen LogP) is 3.54. The molecular formula is C17H14FN3O2. The fourth-order valence-corrected chi connectivity index (χ4v) is 1.95. The molecule has 0 saturated carbocycles. The Morgan fingerprint density at radius 1 is 1.09 bits per heavy atom. The van der Waals surface area contributed by atoms with Gasteiger partial charge in [0.25, 0.3) is 0 Å². The van der Waals surface area contributed by atoms with Gasteiger partial charge in [-0.15, -0.1) is 5.10 Å². The Morgan fingerprint density at radius 2 is 1.91 bits per heavy atom. The smallest absolute Gasteiger partial charge is 0.313 e. The highest BCUT2D eigenvalue weighted by Crippen LogP contribution is 2.16. The lowest BCUT2D eigenvalue weighted by Crippen LogP contribution is -1.95. The van der Waals surface area contributed by atoms with E-state index in [1.54, 1.807) is 12.1 Å². The lowest BCUT2D eigenvalue weighted by Gasteiger charge is -2.06. The van der Waals surface area contributed by atoms with Gasteiger partial charge in [0.1, 0.15) is 18.2 Å². The molecule has 23 heavy (non-hydrogen) atoms. The summed E-state index contributed by atoms with van der Waals surface area (Å²) in [6.45, 7) is 0.314. The van der Waals surface area contributed by atoms with E-state index in [1.165, 1.54) is 12.1 Å². The zero-order valence-corrected chi connectivity index (χ0v) is 12.1. The molecule has 0 saturated heterocycles. The van der Waals surface area contributed by atoms with Crippen molar-refractivity contribution in [2.75, 3.05) is 5.73 Å². The van der Waals surface area contributed by atoms with Crippen LogP contribution in [0.15, 0.2) is 52.9 Å². The molecule has 0 atom stereocenters. The minimum Gasteiger partial charge on any atom is -0.489 e. The van der Waals surface area contributed by atoms with Crippen molar-refractivity contribution in [1.29, 1.82) is 0 Å². The summed E-state index contributed by atoms with van der Waals surface area (Å²) in [5.74, 6) is 0.774. The number of hydrogen-bond donors (Lipinski definition) is 1. The summed E-state index contributed by atoms with van der Waals surface area (Å²) in [7, 11) is 0. The molecule has 0 unspecified atom stereocenters. The number of hydrogen-bond acceptors (Lipinski definition) is 5.